The minimum absolute atomic E-state index is 0.0258. The molecule has 0 fully saturated rings. The smallest absolute Gasteiger partial charge is 0.285 e. The van der Waals surface area contributed by atoms with Crippen molar-refractivity contribution in [1.82, 2.24) is 5.32 Å². The first-order valence-corrected chi connectivity index (χ1v) is 5.43. The molecule has 0 atom stereocenters. The number of nitro groups is 1. The summed E-state index contributed by atoms with van der Waals surface area (Å²) in [6.45, 7) is -0.0258. The molecule has 0 saturated carbocycles. The van der Waals surface area contributed by atoms with Crippen LogP contribution in [0.3, 0.4) is 0 Å². The molecule has 1 aromatic carbocycles. The van der Waals surface area contributed by atoms with Gasteiger partial charge in [-0.05, 0) is 18.2 Å². The van der Waals surface area contributed by atoms with Crippen molar-refractivity contribution in [3.05, 3.63) is 63.6 Å². The van der Waals surface area contributed by atoms with E-state index in [1.807, 2.05) is 0 Å². The van der Waals surface area contributed by atoms with Crippen LogP contribution in [-0.2, 0) is 6.54 Å². The minimum Gasteiger partial charge on any atom is -0.467 e. The maximum atomic E-state index is 13.1. The Balaban J connectivity index is 2.24. The molecular weight excluding hydrogens is 274 g/mol. The van der Waals surface area contributed by atoms with E-state index in [2.05, 4.69) is 5.32 Å². The van der Waals surface area contributed by atoms with Crippen LogP contribution in [-0.4, -0.2) is 10.8 Å². The lowest BCUT2D eigenvalue weighted by Crippen LogP contribution is -2.23. The van der Waals surface area contributed by atoms with Crippen LogP contribution in [0.1, 0.15) is 16.1 Å². The highest BCUT2D eigenvalue weighted by molar-refractivity contribution is 5.98. The zero-order chi connectivity index (χ0) is 14.7. The summed E-state index contributed by atoms with van der Waals surface area (Å²) in [5.74, 6) is -3.20. The number of rotatable bonds is 4. The van der Waals surface area contributed by atoms with Crippen molar-refractivity contribution >= 4 is 11.6 Å². The second kappa shape index (κ2) is 5.47. The van der Waals surface area contributed by atoms with Gasteiger partial charge >= 0.3 is 0 Å². The van der Waals surface area contributed by atoms with Crippen LogP contribution in [0.25, 0.3) is 0 Å². The lowest BCUT2D eigenvalue weighted by atomic mass is 10.1. The second-order valence-corrected chi connectivity index (χ2v) is 3.80. The van der Waals surface area contributed by atoms with E-state index in [0.717, 1.165) is 0 Å². The summed E-state index contributed by atoms with van der Waals surface area (Å²) in [6, 6.07) is 4.05. The van der Waals surface area contributed by atoms with E-state index in [0.29, 0.717) is 17.9 Å². The van der Waals surface area contributed by atoms with Crippen molar-refractivity contribution in [1.29, 1.82) is 0 Å². The van der Waals surface area contributed by atoms with Crippen LogP contribution in [0.4, 0.5) is 14.5 Å². The van der Waals surface area contributed by atoms with E-state index < -0.39 is 33.7 Å². The summed E-state index contributed by atoms with van der Waals surface area (Å²) in [5.41, 5.74) is -1.36. The number of hydrogen-bond acceptors (Lipinski definition) is 4. The number of nitro benzene ring substituents is 1. The third kappa shape index (κ3) is 2.79. The standard InChI is InChI=1S/C12H8F2N2O4/c13-9-4-8(11(16(18)19)5-10(9)14)12(17)15-6-7-2-1-3-20-7/h1-5H,6H2,(H,15,17). The van der Waals surface area contributed by atoms with Gasteiger partial charge in [-0.15, -0.1) is 0 Å². The Morgan fingerprint density at radius 3 is 2.65 bits per heavy atom. The summed E-state index contributed by atoms with van der Waals surface area (Å²) >= 11 is 0. The highest BCUT2D eigenvalue weighted by Gasteiger charge is 2.23. The molecule has 8 heteroatoms. The Kier molecular flexibility index (Phi) is 3.74. The molecule has 1 N–H and O–H groups in total. The topological polar surface area (TPSA) is 85.4 Å². The molecule has 2 aromatic rings. The highest BCUT2D eigenvalue weighted by Crippen LogP contribution is 2.22. The van der Waals surface area contributed by atoms with Gasteiger partial charge in [0.25, 0.3) is 11.6 Å². The SMILES string of the molecule is O=C(NCc1ccco1)c1cc(F)c(F)cc1[N+](=O)[O-]. The highest BCUT2D eigenvalue weighted by atomic mass is 19.2. The molecule has 2 rings (SSSR count). The van der Waals surface area contributed by atoms with E-state index in [-0.39, 0.29) is 6.54 Å². The van der Waals surface area contributed by atoms with Crippen molar-refractivity contribution in [3.63, 3.8) is 0 Å². The molecule has 1 aromatic heterocycles. The fourth-order valence-electron chi connectivity index (χ4n) is 1.55. The third-order valence-corrected chi connectivity index (χ3v) is 2.48. The summed E-state index contributed by atoms with van der Waals surface area (Å²) in [4.78, 5) is 21.6. The van der Waals surface area contributed by atoms with Gasteiger partial charge in [-0.25, -0.2) is 8.78 Å². The predicted molar refractivity (Wildman–Crippen MR) is 62.9 cm³/mol. The summed E-state index contributed by atoms with van der Waals surface area (Å²) < 4.78 is 31.0. The van der Waals surface area contributed by atoms with Crippen LogP contribution in [0, 0.1) is 21.7 Å². The number of carbonyl (C=O) groups is 1. The maximum absolute atomic E-state index is 13.1. The fraction of sp³-hybridized carbons (Fsp3) is 0.0833. The van der Waals surface area contributed by atoms with Crippen LogP contribution in [0.2, 0.25) is 0 Å². The van der Waals surface area contributed by atoms with Gasteiger partial charge < -0.3 is 9.73 Å². The number of furan rings is 1. The average Bonchev–Trinajstić information content (AvgIpc) is 2.91. The molecule has 0 aliphatic heterocycles. The van der Waals surface area contributed by atoms with Gasteiger partial charge in [0.1, 0.15) is 11.3 Å². The van der Waals surface area contributed by atoms with Gasteiger partial charge in [0.15, 0.2) is 11.6 Å². The molecule has 104 valence electrons. The molecule has 0 radical (unpaired) electrons. The van der Waals surface area contributed by atoms with E-state index in [4.69, 9.17) is 4.42 Å². The van der Waals surface area contributed by atoms with Crippen molar-refractivity contribution in [3.8, 4) is 0 Å². The maximum Gasteiger partial charge on any atom is 0.285 e. The first kappa shape index (κ1) is 13.7. The Morgan fingerprint density at radius 2 is 2.05 bits per heavy atom. The average molecular weight is 282 g/mol. The van der Waals surface area contributed by atoms with Crippen molar-refractivity contribution in [2.45, 2.75) is 6.54 Å². The number of carbonyl (C=O) groups excluding carboxylic acids is 1. The Labute approximate surface area is 111 Å². The van der Waals surface area contributed by atoms with Crippen molar-refractivity contribution in [2.24, 2.45) is 0 Å². The Morgan fingerprint density at radius 1 is 1.35 bits per heavy atom. The monoisotopic (exact) mass is 282 g/mol. The van der Waals surface area contributed by atoms with Gasteiger partial charge in [-0.2, -0.15) is 0 Å². The molecule has 0 aliphatic carbocycles. The van der Waals surface area contributed by atoms with Gasteiger partial charge in [0.05, 0.1) is 23.8 Å². The molecule has 0 saturated heterocycles. The molecule has 6 nitrogen and oxygen atoms in total. The first-order valence-electron chi connectivity index (χ1n) is 5.43. The summed E-state index contributed by atoms with van der Waals surface area (Å²) in [5, 5.41) is 13.1. The lowest BCUT2D eigenvalue weighted by molar-refractivity contribution is -0.385. The molecule has 0 unspecified atom stereocenters. The quantitative estimate of drug-likeness (QED) is 0.689. The molecule has 0 aliphatic rings. The number of amides is 1. The number of nitrogens with zero attached hydrogens (tertiary/aromatic N) is 1. The van der Waals surface area contributed by atoms with E-state index in [1.54, 1.807) is 12.1 Å². The normalized spacial score (nSPS) is 10.3. The number of nitrogens with one attached hydrogen (secondary N) is 1. The van der Waals surface area contributed by atoms with Gasteiger partial charge in [0, 0.05) is 0 Å². The molecular formula is C12H8F2N2O4. The van der Waals surface area contributed by atoms with Crippen LogP contribution in [0.15, 0.2) is 34.9 Å². The molecule has 0 spiro atoms. The Hall–Kier alpha value is -2.77. The van der Waals surface area contributed by atoms with Gasteiger partial charge in [0.2, 0.25) is 0 Å². The number of halogens is 2. The molecule has 1 heterocycles. The van der Waals surface area contributed by atoms with E-state index >= 15 is 0 Å². The lowest BCUT2D eigenvalue weighted by Gasteiger charge is -2.05. The summed E-state index contributed by atoms with van der Waals surface area (Å²) in [7, 11) is 0. The van der Waals surface area contributed by atoms with Crippen molar-refractivity contribution in [2.75, 3.05) is 0 Å². The zero-order valence-electron chi connectivity index (χ0n) is 9.93. The summed E-state index contributed by atoms with van der Waals surface area (Å²) in [6.07, 6.45) is 1.39. The minimum atomic E-state index is -1.39. The zero-order valence-corrected chi connectivity index (χ0v) is 9.93. The Bertz CT molecular complexity index is 656. The largest absolute Gasteiger partial charge is 0.467 e. The molecule has 1 amide bonds. The van der Waals surface area contributed by atoms with Crippen LogP contribution in [0.5, 0.6) is 0 Å². The van der Waals surface area contributed by atoms with Gasteiger partial charge in [-0.3, -0.25) is 14.9 Å². The van der Waals surface area contributed by atoms with E-state index in [9.17, 15) is 23.7 Å². The number of hydrogen-bond donors (Lipinski definition) is 1. The fourth-order valence-corrected chi connectivity index (χ4v) is 1.55. The van der Waals surface area contributed by atoms with Crippen molar-refractivity contribution < 1.29 is 22.9 Å². The van der Waals surface area contributed by atoms with Gasteiger partial charge in [-0.1, -0.05) is 0 Å². The third-order valence-electron chi connectivity index (χ3n) is 2.48. The van der Waals surface area contributed by atoms with E-state index in [1.165, 1.54) is 6.26 Å². The second-order valence-electron chi connectivity index (χ2n) is 3.80. The van der Waals surface area contributed by atoms with Crippen LogP contribution >= 0.6 is 0 Å². The predicted octanol–water partition coefficient (Wildman–Crippen LogP) is 2.40. The molecule has 0 bridgehead atoms. The van der Waals surface area contributed by atoms with Crippen LogP contribution < -0.4 is 5.32 Å². The first-order chi connectivity index (χ1) is 9.49. The number of benzene rings is 1. The molecule has 20 heavy (non-hydrogen) atoms.